The maximum Gasteiger partial charge on any atom is 0.308 e. The van der Waals surface area contributed by atoms with Gasteiger partial charge in [0.05, 0.1) is 0 Å². The molecule has 0 saturated carbocycles. The van der Waals surface area contributed by atoms with Crippen LogP contribution in [0.25, 0.3) is 0 Å². The third-order valence-corrected chi connectivity index (χ3v) is 2.31. The number of carbonyl (C=O) groups is 1. The molecule has 0 spiro atoms. The van der Waals surface area contributed by atoms with E-state index in [9.17, 15) is 9.18 Å². The van der Waals surface area contributed by atoms with Gasteiger partial charge in [0.1, 0.15) is 11.9 Å². The van der Waals surface area contributed by atoms with Crippen molar-refractivity contribution in [3.8, 4) is 5.75 Å². The lowest BCUT2D eigenvalue weighted by Crippen LogP contribution is -2.01. The van der Waals surface area contributed by atoms with Gasteiger partial charge in [-0.2, -0.15) is 0 Å². The average Bonchev–Trinajstić information content (AvgIpc) is 2.26. The average molecular weight is 224 g/mol. The van der Waals surface area contributed by atoms with Crippen molar-refractivity contribution in [1.29, 1.82) is 0 Å². The standard InChI is InChI=1S/C13H17FO2/c1-3-4-5-13(14)11-6-8-12(9-7-11)16-10(2)15/h6-9,13H,3-5H2,1-2H3. The summed E-state index contributed by atoms with van der Waals surface area (Å²) in [6, 6.07) is 6.57. The van der Waals surface area contributed by atoms with E-state index in [2.05, 4.69) is 0 Å². The van der Waals surface area contributed by atoms with Crippen molar-refractivity contribution in [2.45, 2.75) is 39.3 Å². The molecule has 0 fully saturated rings. The second kappa shape index (κ2) is 6.26. The van der Waals surface area contributed by atoms with Crippen LogP contribution < -0.4 is 4.74 Å². The van der Waals surface area contributed by atoms with Gasteiger partial charge in [0.25, 0.3) is 0 Å². The van der Waals surface area contributed by atoms with Gasteiger partial charge in [-0.15, -0.1) is 0 Å². The van der Waals surface area contributed by atoms with E-state index in [4.69, 9.17) is 4.74 Å². The number of carbonyl (C=O) groups excluding carboxylic acids is 1. The highest BCUT2D eigenvalue weighted by Crippen LogP contribution is 2.25. The molecule has 0 heterocycles. The zero-order chi connectivity index (χ0) is 12.0. The number of hydrogen-bond acceptors (Lipinski definition) is 2. The zero-order valence-electron chi connectivity index (χ0n) is 9.70. The molecule has 2 nitrogen and oxygen atoms in total. The fourth-order valence-electron chi connectivity index (χ4n) is 1.46. The minimum Gasteiger partial charge on any atom is -0.427 e. The Bertz CT molecular complexity index is 332. The van der Waals surface area contributed by atoms with Gasteiger partial charge in [0.2, 0.25) is 0 Å². The topological polar surface area (TPSA) is 26.3 Å². The lowest BCUT2D eigenvalue weighted by Gasteiger charge is -2.08. The van der Waals surface area contributed by atoms with Crippen LogP contribution >= 0.6 is 0 Å². The Balaban J connectivity index is 2.59. The summed E-state index contributed by atoms with van der Waals surface area (Å²) >= 11 is 0. The van der Waals surface area contributed by atoms with Crippen LogP contribution in [0.3, 0.4) is 0 Å². The van der Waals surface area contributed by atoms with Gasteiger partial charge in [-0.05, 0) is 24.1 Å². The summed E-state index contributed by atoms with van der Waals surface area (Å²) in [6.07, 6.45) is 1.49. The second-order valence-corrected chi connectivity index (χ2v) is 3.77. The number of benzene rings is 1. The lowest BCUT2D eigenvalue weighted by atomic mass is 10.1. The van der Waals surface area contributed by atoms with Crippen LogP contribution in [-0.4, -0.2) is 5.97 Å². The van der Waals surface area contributed by atoms with E-state index in [0.717, 1.165) is 12.8 Å². The fourth-order valence-corrected chi connectivity index (χ4v) is 1.46. The molecule has 0 saturated heterocycles. The molecular formula is C13H17FO2. The molecule has 88 valence electrons. The Morgan fingerprint density at radius 3 is 2.50 bits per heavy atom. The third-order valence-electron chi connectivity index (χ3n) is 2.31. The highest BCUT2D eigenvalue weighted by atomic mass is 19.1. The normalized spacial score (nSPS) is 12.2. The van der Waals surface area contributed by atoms with Crippen molar-refractivity contribution in [1.82, 2.24) is 0 Å². The number of ether oxygens (including phenoxy) is 1. The van der Waals surface area contributed by atoms with E-state index in [0.29, 0.717) is 17.7 Å². The Morgan fingerprint density at radius 2 is 2.00 bits per heavy atom. The lowest BCUT2D eigenvalue weighted by molar-refractivity contribution is -0.131. The zero-order valence-corrected chi connectivity index (χ0v) is 9.70. The molecule has 3 heteroatoms. The van der Waals surface area contributed by atoms with Crippen LogP contribution in [0.15, 0.2) is 24.3 Å². The number of esters is 1. The molecule has 1 unspecified atom stereocenters. The van der Waals surface area contributed by atoms with Crippen molar-refractivity contribution >= 4 is 5.97 Å². The van der Waals surface area contributed by atoms with Gasteiger partial charge in [-0.1, -0.05) is 31.9 Å². The van der Waals surface area contributed by atoms with Crippen molar-refractivity contribution < 1.29 is 13.9 Å². The summed E-state index contributed by atoms with van der Waals surface area (Å²) in [5, 5.41) is 0. The van der Waals surface area contributed by atoms with Gasteiger partial charge in [-0.25, -0.2) is 4.39 Å². The van der Waals surface area contributed by atoms with Crippen LogP contribution in [0, 0.1) is 0 Å². The molecule has 0 N–H and O–H groups in total. The largest absolute Gasteiger partial charge is 0.427 e. The number of hydrogen-bond donors (Lipinski definition) is 0. The quantitative estimate of drug-likeness (QED) is 0.561. The van der Waals surface area contributed by atoms with Gasteiger partial charge >= 0.3 is 5.97 Å². The second-order valence-electron chi connectivity index (χ2n) is 3.77. The Labute approximate surface area is 95.4 Å². The summed E-state index contributed by atoms with van der Waals surface area (Å²) in [4.78, 5) is 10.7. The van der Waals surface area contributed by atoms with E-state index < -0.39 is 6.17 Å². The first kappa shape index (κ1) is 12.7. The summed E-state index contributed by atoms with van der Waals surface area (Å²) in [6.45, 7) is 3.38. The molecule has 0 bridgehead atoms. The number of halogens is 1. The molecule has 16 heavy (non-hydrogen) atoms. The highest BCUT2D eigenvalue weighted by molar-refractivity contribution is 5.69. The first-order valence-electron chi connectivity index (χ1n) is 5.56. The Hall–Kier alpha value is -1.38. The highest BCUT2D eigenvalue weighted by Gasteiger charge is 2.09. The summed E-state index contributed by atoms with van der Waals surface area (Å²) < 4.78 is 18.5. The molecule has 0 aromatic heterocycles. The summed E-state index contributed by atoms with van der Waals surface area (Å²) in [7, 11) is 0. The first-order chi connectivity index (χ1) is 7.63. The molecule has 1 aromatic carbocycles. The molecule has 0 amide bonds. The Kier molecular flexibility index (Phi) is 4.96. The smallest absolute Gasteiger partial charge is 0.308 e. The SMILES string of the molecule is CCCCC(F)c1ccc(OC(C)=O)cc1. The van der Waals surface area contributed by atoms with Gasteiger partial charge < -0.3 is 4.74 Å². The van der Waals surface area contributed by atoms with Crippen LogP contribution in [0.1, 0.15) is 44.8 Å². The molecule has 0 aliphatic carbocycles. The molecular weight excluding hydrogens is 207 g/mol. The third kappa shape index (κ3) is 4.01. The van der Waals surface area contributed by atoms with E-state index in [1.807, 2.05) is 6.92 Å². The predicted octanol–water partition coefficient (Wildman–Crippen LogP) is 3.81. The maximum atomic E-state index is 13.6. The summed E-state index contributed by atoms with van der Waals surface area (Å²) in [5.74, 6) is 0.0921. The molecule has 1 rings (SSSR count). The van der Waals surface area contributed by atoms with E-state index in [1.54, 1.807) is 24.3 Å². The minimum absolute atomic E-state index is 0.365. The van der Waals surface area contributed by atoms with E-state index in [1.165, 1.54) is 6.92 Å². The van der Waals surface area contributed by atoms with Crippen molar-refractivity contribution in [3.63, 3.8) is 0 Å². The van der Waals surface area contributed by atoms with Gasteiger partial charge in [-0.3, -0.25) is 4.79 Å². The number of alkyl halides is 1. The number of unbranched alkanes of at least 4 members (excludes halogenated alkanes) is 1. The monoisotopic (exact) mass is 224 g/mol. The van der Waals surface area contributed by atoms with Crippen molar-refractivity contribution in [2.75, 3.05) is 0 Å². The molecule has 0 aliphatic heterocycles. The van der Waals surface area contributed by atoms with Crippen molar-refractivity contribution in [2.24, 2.45) is 0 Å². The van der Waals surface area contributed by atoms with E-state index in [-0.39, 0.29) is 5.97 Å². The van der Waals surface area contributed by atoms with Crippen LogP contribution in [0.5, 0.6) is 5.75 Å². The van der Waals surface area contributed by atoms with Gasteiger partial charge in [0.15, 0.2) is 0 Å². The Morgan fingerprint density at radius 1 is 1.38 bits per heavy atom. The first-order valence-corrected chi connectivity index (χ1v) is 5.56. The minimum atomic E-state index is -0.925. The molecule has 0 radical (unpaired) electrons. The fraction of sp³-hybridized carbons (Fsp3) is 0.462. The van der Waals surface area contributed by atoms with Crippen molar-refractivity contribution in [3.05, 3.63) is 29.8 Å². The van der Waals surface area contributed by atoms with Crippen LogP contribution in [-0.2, 0) is 4.79 Å². The number of rotatable bonds is 5. The summed E-state index contributed by atoms with van der Waals surface area (Å²) in [5.41, 5.74) is 0.643. The predicted molar refractivity (Wildman–Crippen MR) is 61.1 cm³/mol. The van der Waals surface area contributed by atoms with Crippen LogP contribution in [0.4, 0.5) is 4.39 Å². The molecule has 1 aromatic rings. The molecule has 1 atom stereocenters. The maximum absolute atomic E-state index is 13.6. The van der Waals surface area contributed by atoms with Gasteiger partial charge in [0, 0.05) is 6.92 Å². The van der Waals surface area contributed by atoms with Crippen LogP contribution in [0.2, 0.25) is 0 Å². The van der Waals surface area contributed by atoms with E-state index >= 15 is 0 Å². The molecule has 0 aliphatic rings.